The Morgan fingerprint density at radius 2 is 1.95 bits per heavy atom. The number of rotatable bonds is 9. The molecule has 0 saturated heterocycles. The first kappa shape index (κ1) is 17.9. The molecule has 0 radical (unpaired) electrons. The molecule has 0 aromatic heterocycles. The SMILES string of the molecule is C=C(NCc1ccc(N)cc1)NC(CC(C)C)C(=N)OCC. The fourth-order valence-corrected chi connectivity index (χ4v) is 2.06. The van der Waals surface area contributed by atoms with Gasteiger partial charge in [0.25, 0.3) is 0 Å². The zero-order chi connectivity index (χ0) is 16.5. The van der Waals surface area contributed by atoms with Gasteiger partial charge in [-0.1, -0.05) is 32.6 Å². The molecule has 22 heavy (non-hydrogen) atoms. The molecule has 1 unspecified atom stereocenters. The highest BCUT2D eigenvalue weighted by Gasteiger charge is 2.17. The predicted octanol–water partition coefficient (Wildman–Crippen LogP) is 2.85. The molecule has 0 amide bonds. The molecule has 1 aromatic carbocycles. The Hall–Kier alpha value is -2.17. The van der Waals surface area contributed by atoms with Crippen LogP contribution in [0.2, 0.25) is 0 Å². The molecular formula is C17H28N4O. The van der Waals surface area contributed by atoms with E-state index in [2.05, 4.69) is 31.1 Å². The van der Waals surface area contributed by atoms with E-state index >= 15 is 0 Å². The Labute approximate surface area is 133 Å². The van der Waals surface area contributed by atoms with Gasteiger partial charge in [0.05, 0.1) is 12.4 Å². The first-order chi connectivity index (χ1) is 10.4. The summed E-state index contributed by atoms with van der Waals surface area (Å²) < 4.78 is 5.32. The summed E-state index contributed by atoms with van der Waals surface area (Å²) in [5.41, 5.74) is 7.54. The molecule has 0 bridgehead atoms. The smallest absolute Gasteiger partial charge is 0.203 e. The van der Waals surface area contributed by atoms with Gasteiger partial charge in [-0.15, -0.1) is 0 Å². The van der Waals surface area contributed by atoms with Gasteiger partial charge in [-0.25, -0.2) is 0 Å². The highest BCUT2D eigenvalue weighted by atomic mass is 16.5. The number of ether oxygens (including phenoxy) is 1. The van der Waals surface area contributed by atoms with Gasteiger partial charge in [0.15, 0.2) is 0 Å². The number of nitrogens with two attached hydrogens (primary N) is 1. The van der Waals surface area contributed by atoms with Crippen LogP contribution in [0, 0.1) is 11.3 Å². The van der Waals surface area contributed by atoms with Gasteiger partial charge in [-0.05, 0) is 37.0 Å². The van der Waals surface area contributed by atoms with E-state index in [1.807, 2.05) is 31.2 Å². The van der Waals surface area contributed by atoms with Crippen molar-refractivity contribution >= 4 is 11.6 Å². The van der Waals surface area contributed by atoms with Crippen molar-refractivity contribution in [3.05, 3.63) is 42.2 Å². The van der Waals surface area contributed by atoms with Crippen molar-refractivity contribution in [3.63, 3.8) is 0 Å². The van der Waals surface area contributed by atoms with Gasteiger partial charge in [0.1, 0.15) is 6.04 Å². The Morgan fingerprint density at radius 1 is 1.32 bits per heavy atom. The monoisotopic (exact) mass is 304 g/mol. The van der Waals surface area contributed by atoms with Gasteiger partial charge < -0.3 is 21.1 Å². The summed E-state index contributed by atoms with van der Waals surface area (Å²) >= 11 is 0. The number of hydrogen-bond donors (Lipinski definition) is 4. The molecule has 0 aliphatic rings. The van der Waals surface area contributed by atoms with Crippen LogP contribution in [0.5, 0.6) is 0 Å². The second-order valence-electron chi connectivity index (χ2n) is 5.70. The summed E-state index contributed by atoms with van der Waals surface area (Å²) in [6, 6.07) is 7.54. The van der Waals surface area contributed by atoms with Crippen LogP contribution in [0.15, 0.2) is 36.7 Å². The van der Waals surface area contributed by atoms with Gasteiger partial charge in [0, 0.05) is 12.2 Å². The third-order valence-corrected chi connectivity index (χ3v) is 3.16. The molecule has 1 atom stereocenters. The van der Waals surface area contributed by atoms with Crippen LogP contribution in [0.4, 0.5) is 5.69 Å². The minimum absolute atomic E-state index is 0.161. The lowest BCUT2D eigenvalue weighted by Crippen LogP contribution is -2.41. The first-order valence-electron chi connectivity index (χ1n) is 7.67. The van der Waals surface area contributed by atoms with Crippen LogP contribution < -0.4 is 16.4 Å². The number of nitrogens with one attached hydrogen (secondary N) is 3. The number of anilines is 1. The molecule has 0 aliphatic heterocycles. The van der Waals surface area contributed by atoms with Gasteiger partial charge in [-0.2, -0.15) is 0 Å². The quantitative estimate of drug-likeness (QED) is 0.321. The second kappa shape index (κ2) is 8.97. The van der Waals surface area contributed by atoms with E-state index in [0.717, 1.165) is 17.7 Å². The van der Waals surface area contributed by atoms with Gasteiger partial charge >= 0.3 is 0 Å². The molecule has 0 spiro atoms. The lowest BCUT2D eigenvalue weighted by atomic mass is 10.0. The largest absolute Gasteiger partial charge is 0.480 e. The van der Waals surface area contributed by atoms with Crippen molar-refractivity contribution < 1.29 is 4.74 Å². The normalized spacial score (nSPS) is 11.8. The number of benzene rings is 1. The molecule has 5 nitrogen and oxygen atoms in total. The maximum absolute atomic E-state index is 7.98. The molecule has 1 aromatic rings. The molecule has 5 heteroatoms. The van der Waals surface area contributed by atoms with E-state index in [0.29, 0.717) is 24.9 Å². The molecule has 1 rings (SSSR count). The Kier molecular flexibility index (Phi) is 7.29. The fourth-order valence-electron chi connectivity index (χ4n) is 2.06. The third kappa shape index (κ3) is 6.52. The second-order valence-corrected chi connectivity index (χ2v) is 5.70. The summed E-state index contributed by atoms with van der Waals surface area (Å²) in [5, 5.41) is 14.4. The average molecular weight is 304 g/mol. The first-order valence-corrected chi connectivity index (χ1v) is 7.67. The molecule has 0 heterocycles. The van der Waals surface area contributed by atoms with E-state index in [-0.39, 0.29) is 11.9 Å². The third-order valence-electron chi connectivity index (χ3n) is 3.16. The fraction of sp³-hybridized carbons (Fsp3) is 0.471. The lowest BCUT2D eigenvalue weighted by molar-refractivity contribution is 0.294. The maximum Gasteiger partial charge on any atom is 0.203 e. The van der Waals surface area contributed by atoms with E-state index in [4.69, 9.17) is 15.9 Å². The van der Waals surface area contributed by atoms with Crippen LogP contribution in [0.3, 0.4) is 0 Å². The molecule has 0 saturated carbocycles. The van der Waals surface area contributed by atoms with Crippen molar-refractivity contribution in [2.24, 2.45) is 5.92 Å². The zero-order valence-electron chi connectivity index (χ0n) is 13.8. The Balaban J connectivity index is 2.51. The van der Waals surface area contributed by atoms with Crippen LogP contribution in [0.1, 0.15) is 32.8 Å². The zero-order valence-corrected chi connectivity index (χ0v) is 13.8. The van der Waals surface area contributed by atoms with Crippen LogP contribution in [-0.4, -0.2) is 18.5 Å². The van der Waals surface area contributed by atoms with Crippen molar-refractivity contribution in [2.45, 2.75) is 39.8 Å². The van der Waals surface area contributed by atoms with Crippen molar-refractivity contribution in [1.82, 2.24) is 10.6 Å². The standard InChI is InChI=1S/C17H28N4O/c1-5-22-17(19)16(10-12(2)3)21-13(4)20-11-14-6-8-15(18)9-7-14/h6-9,12,16,19-21H,4-5,10-11,18H2,1-3H3. The molecular weight excluding hydrogens is 276 g/mol. The average Bonchev–Trinajstić information content (AvgIpc) is 2.46. The molecule has 5 N–H and O–H groups in total. The summed E-state index contributed by atoms with van der Waals surface area (Å²) in [6.07, 6.45) is 0.821. The van der Waals surface area contributed by atoms with Crippen LogP contribution in [-0.2, 0) is 11.3 Å². The van der Waals surface area contributed by atoms with E-state index in [1.165, 1.54) is 0 Å². The van der Waals surface area contributed by atoms with Crippen LogP contribution >= 0.6 is 0 Å². The minimum Gasteiger partial charge on any atom is -0.480 e. The van der Waals surface area contributed by atoms with Crippen molar-refractivity contribution in [3.8, 4) is 0 Å². The maximum atomic E-state index is 7.98. The Bertz CT molecular complexity index is 482. The Morgan fingerprint density at radius 3 is 2.50 bits per heavy atom. The van der Waals surface area contributed by atoms with E-state index in [1.54, 1.807) is 0 Å². The van der Waals surface area contributed by atoms with Crippen molar-refractivity contribution in [1.29, 1.82) is 5.41 Å². The van der Waals surface area contributed by atoms with Gasteiger partial charge in [0.2, 0.25) is 5.90 Å². The minimum atomic E-state index is -0.161. The summed E-state index contributed by atoms with van der Waals surface area (Å²) in [4.78, 5) is 0. The highest BCUT2D eigenvalue weighted by molar-refractivity contribution is 5.78. The molecule has 122 valence electrons. The summed E-state index contributed by atoms with van der Waals surface area (Å²) in [7, 11) is 0. The van der Waals surface area contributed by atoms with Crippen LogP contribution in [0.25, 0.3) is 0 Å². The lowest BCUT2D eigenvalue weighted by Gasteiger charge is -2.24. The predicted molar refractivity (Wildman–Crippen MR) is 92.6 cm³/mol. The van der Waals surface area contributed by atoms with Gasteiger partial charge in [-0.3, -0.25) is 5.41 Å². The molecule has 0 aliphatic carbocycles. The summed E-state index contributed by atoms with van der Waals surface area (Å²) in [5.74, 6) is 1.40. The topological polar surface area (TPSA) is 83.2 Å². The van der Waals surface area contributed by atoms with E-state index < -0.39 is 0 Å². The number of nitrogen functional groups attached to an aromatic ring is 1. The highest BCUT2D eigenvalue weighted by Crippen LogP contribution is 2.09. The van der Waals surface area contributed by atoms with Crippen molar-refractivity contribution in [2.75, 3.05) is 12.3 Å². The summed E-state index contributed by atoms with van der Waals surface area (Å²) in [6.45, 7) is 11.3. The van der Waals surface area contributed by atoms with E-state index in [9.17, 15) is 0 Å². The number of hydrogen-bond acceptors (Lipinski definition) is 5. The molecule has 0 fully saturated rings.